The summed E-state index contributed by atoms with van der Waals surface area (Å²) < 4.78 is 51.9. The standard InChI is InChI=1S/C12H13F2N5O3S/c1-15-23(21,22)9-4-3-7(5-16-9)12(20)17-8-6-19(2)18-10(8)11(13)14/h3-6,11,15H,1-2H3,(H,17,20). The van der Waals surface area contributed by atoms with Crippen molar-refractivity contribution in [1.82, 2.24) is 19.5 Å². The van der Waals surface area contributed by atoms with Gasteiger partial charge in [-0.2, -0.15) is 5.10 Å². The number of aryl methyl sites for hydroxylation is 1. The molecule has 23 heavy (non-hydrogen) atoms. The molecule has 124 valence electrons. The first kappa shape index (κ1) is 17.0. The minimum absolute atomic E-state index is 0.0177. The number of amides is 1. The lowest BCUT2D eigenvalue weighted by Gasteiger charge is -2.06. The largest absolute Gasteiger partial charge is 0.319 e. The van der Waals surface area contributed by atoms with Crippen LogP contribution in [0.5, 0.6) is 0 Å². The second-order valence-corrected chi connectivity index (χ2v) is 6.28. The summed E-state index contributed by atoms with van der Waals surface area (Å²) in [7, 11) is -1.05. The number of nitrogens with zero attached hydrogens (tertiary/aromatic N) is 3. The van der Waals surface area contributed by atoms with E-state index in [9.17, 15) is 22.0 Å². The van der Waals surface area contributed by atoms with Crippen molar-refractivity contribution in [2.75, 3.05) is 12.4 Å². The molecule has 0 aromatic carbocycles. The topological polar surface area (TPSA) is 106 Å². The Bertz CT molecular complexity index is 818. The number of pyridine rings is 1. The van der Waals surface area contributed by atoms with E-state index >= 15 is 0 Å². The summed E-state index contributed by atoms with van der Waals surface area (Å²) in [5.74, 6) is -0.708. The molecule has 2 heterocycles. The van der Waals surface area contributed by atoms with Crippen molar-refractivity contribution in [1.29, 1.82) is 0 Å². The van der Waals surface area contributed by atoms with E-state index in [0.717, 1.165) is 16.9 Å². The summed E-state index contributed by atoms with van der Waals surface area (Å²) in [5.41, 5.74) is -0.660. The van der Waals surface area contributed by atoms with Gasteiger partial charge in [0.1, 0.15) is 0 Å². The highest BCUT2D eigenvalue weighted by Crippen LogP contribution is 2.25. The van der Waals surface area contributed by atoms with Crippen LogP contribution in [0.4, 0.5) is 14.5 Å². The third-order valence-electron chi connectivity index (χ3n) is 2.85. The summed E-state index contributed by atoms with van der Waals surface area (Å²) in [5, 5.41) is 5.60. The first-order valence-electron chi connectivity index (χ1n) is 6.27. The Morgan fingerprint density at radius 2 is 2.04 bits per heavy atom. The summed E-state index contributed by atoms with van der Waals surface area (Å²) in [6.45, 7) is 0. The lowest BCUT2D eigenvalue weighted by molar-refractivity contribution is 0.102. The molecular formula is C12H13F2N5O3S. The van der Waals surface area contributed by atoms with Gasteiger partial charge in [0, 0.05) is 19.4 Å². The quantitative estimate of drug-likeness (QED) is 0.838. The second kappa shape index (κ2) is 6.38. The molecule has 0 atom stereocenters. The molecule has 2 N–H and O–H groups in total. The molecule has 0 bridgehead atoms. The van der Waals surface area contributed by atoms with E-state index in [1.165, 1.54) is 26.4 Å². The van der Waals surface area contributed by atoms with Crippen LogP contribution in [0, 0.1) is 0 Å². The number of aromatic nitrogens is 3. The Balaban J connectivity index is 2.22. The molecule has 2 rings (SSSR count). The lowest BCUT2D eigenvalue weighted by Crippen LogP contribution is -2.20. The molecule has 0 saturated heterocycles. The summed E-state index contributed by atoms with van der Waals surface area (Å²) in [6.07, 6.45) is -0.558. The van der Waals surface area contributed by atoms with E-state index in [-0.39, 0.29) is 16.3 Å². The maximum atomic E-state index is 12.8. The third-order valence-corrected chi connectivity index (χ3v) is 4.18. The Kier molecular flexibility index (Phi) is 4.71. The maximum Gasteiger partial charge on any atom is 0.284 e. The van der Waals surface area contributed by atoms with Crippen molar-refractivity contribution >= 4 is 21.6 Å². The van der Waals surface area contributed by atoms with Crippen molar-refractivity contribution in [3.63, 3.8) is 0 Å². The maximum absolute atomic E-state index is 12.8. The first-order valence-corrected chi connectivity index (χ1v) is 7.75. The predicted molar refractivity (Wildman–Crippen MR) is 76.6 cm³/mol. The number of rotatable bonds is 5. The minimum atomic E-state index is -3.72. The van der Waals surface area contributed by atoms with Crippen LogP contribution in [-0.2, 0) is 17.1 Å². The number of nitrogens with one attached hydrogen (secondary N) is 2. The van der Waals surface area contributed by atoms with E-state index < -0.39 is 28.0 Å². The molecule has 0 aliphatic heterocycles. The average molecular weight is 345 g/mol. The number of sulfonamides is 1. The van der Waals surface area contributed by atoms with E-state index in [1.807, 2.05) is 0 Å². The molecule has 0 unspecified atom stereocenters. The first-order chi connectivity index (χ1) is 10.7. The average Bonchev–Trinajstić information content (AvgIpc) is 2.88. The highest BCUT2D eigenvalue weighted by Gasteiger charge is 2.20. The highest BCUT2D eigenvalue weighted by molar-refractivity contribution is 7.89. The van der Waals surface area contributed by atoms with Crippen molar-refractivity contribution in [3.05, 3.63) is 35.8 Å². The van der Waals surface area contributed by atoms with Gasteiger partial charge in [-0.25, -0.2) is 26.9 Å². The monoisotopic (exact) mass is 345 g/mol. The van der Waals surface area contributed by atoms with Crippen LogP contribution in [0.15, 0.2) is 29.6 Å². The van der Waals surface area contributed by atoms with Crippen molar-refractivity contribution in [2.45, 2.75) is 11.5 Å². The Labute approximate surface area is 130 Å². The number of carbonyl (C=O) groups excluding carboxylic acids is 1. The molecule has 0 spiro atoms. The summed E-state index contributed by atoms with van der Waals surface area (Å²) >= 11 is 0. The molecule has 2 aromatic rings. The molecule has 0 aliphatic rings. The minimum Gasteiger partial charge on any atom is -0.319 e. The number of hydrogen-bond acceptors (Lipinski definition) is 5. The van der Waals surface area contributed by atoms with Gasteiger partial charge in [-0.3, -0.25) is 9.48 Å². The van der Waals surface area contributed by atoms with Crippen molar-refractivity contribution in [2.24, 2.45) is 7.05 Å². The summed E-state index contributed by atoms with van der Waals surface area (Å²) in [4.78, 5) is 15.7. The molecule has 0 saturated carbocycles. The number of alkyl halides is 2. The lowest BCUT2D eigenvalue weighted by atomic mass is 10.2. The van der Waals surface area contributed by atoms with Crippen LogP contribution in [0.3, 0.4) is 0 Å². The molecular weight excluding hydrogens is 332 g/mol. The van der Waals surface area contributed by atoms with Crippen LogP contribution in [-0.4, -0.2) is 36.1 Å². The van der Waals surface area contributed by atoms with E-state index in [4.69, 9.17) is 0 Å². The van der Waals surface area contributed by atoms with Crippen molar-refractivity contribution < 1.29 is 22.0 Å². The molecule has 2 aromatic heterocycles. The molecule has 0 fully saturated rings. The van der Waals surface area contributed by atoms with Gasteiger partial charge in [-0.15, -0.1) is 0 Å². The van der Waals surface area contributed by atoms with Gasteiger partial charge in [0.15, 0.2) is 10.7 Å². The van der Waals surface area contributed by atoms with Gasteiger partial charge in [0.2, 0.25) is 0 Å². The molecule has 8 nitrogen and oxygen atoms in total. The van der Waals surface area contributed by atoms with Crippen LogP contribution in [0.2, 0.25) is 0 Å². The number of anilines is 1. The van der Waals surface area contributed by atoms with Gasteiger partial charge >= 0.3 is 0 Å². The van der Waals surface area contributed by atoms with Gasteiger partial charge in [0.05, 0.1) is 11.3 Å². The van der Waals surface area contributed by atoms with Crippen LogP contribution >= 0.6 is 0 Å². The van der Waals surface area contributed by atoms with Gasteiger partial charge in [0.25, 0.3) is 22.4 Å². The molecule has 0 radical (unpaired) electrons. The number of halogens is 2. The third kappa shape index (κ3) is 3.68. The second-order valence-electron chi connectivity index (χ2n) is 4.45. The van der Waals surface area contributed by atoms with Crippen LogP contribution in [0.25, 0.3) is 0 Å². The fraction of sp³-hybridized carbons (Fsp3) is 0.250. The van der Waals surface area contributed by atoms with Crippen LogP contribution in [0.1, 0.15) is 22.5 Å². The smallest absolute Gasteiger partial charge is 0.284 e. The summed E-state index contributed by atoms with van der Waals surface area (Å²) in [6, 6.07) is 2.36. The van der Waals surface area contributed by atoms with Crippen molar-refractivity contribution in [3.8, 4) is 0 Å². The fourth-order valence-electron chi connectivity index (χ4n) is 1.74. The molecule has 0 aliphatic carbocycles. The number of hydrogen-bond donors (Lipinski definition) is 2. The van der Waals surface area contributed by atoms with Gasteiger partial charge in [-0.05, 0) is 19.2 Å². The Morgan fingerprint density at radius 3 is 2.57 bits per heavy atom. The zero-order valence-electron chi connectivity index (χ0n) is 12.1. The fourth-order valence-corrected chi connectivity index (χ4v) is 2.38. The highest BCUT2D eigenvalue weighted by atomic mass is 32.2. The van der Waals surface area contributed by atoms with E-state index in [1.54, 1.807) is 0 Å². The SMILES string of the molecule is CNS(=O)(=O)c1ccc(C(=O)Nc2cn(C)nc2C(F)F)cn1. The van der Waals surface area contributed by atoms with E-state index in [2.05, 4.69) is 20.1 Å². The zero-order valence-corrected chi connectivity index (χ0v) is 12.9. The zero-order chi connectivity index (χ0) is 17.2. The Morgan fingerprint density at radius 1 is 1.35 bits per heavy atom. The normalized spacial score (nSPS) is 11.7. The molecule has 1 amide bonds. The molecule has 11 heteroatoms. The predicted octanol–water partition coefficient (Wildman–Crippen LogP) is 0.913. The van der Waals surface area contributed by atoms with Gasteiger partial charge in [-0.1, -0.05) is 0 Å². The Hall–Kier alpha value is -2.40. The van der Waals surface area contributed by atoms with Crippen LogP contribution < -0.4 is 10.0 Å². The van der Waals surface area contributed by atoms with Gasteiger partial charge < -0.3 is 5.32 Å². The number of carbonyl (C=O) groups is 1. The van der Waals surface area contributed by atoms with E-state index in [0.29, 0.717) is 0 Å².